The summed E-state index contributed by atoms with van der Waals surface area (Å²) in [6, 6.07) is 18.7. The summed E-state index contributed by atoms with van der Waals surface area (Å²) >= 11 is 3.52. The Morgan fingerprint density at radius 1 is 1.05 bits per heavy atom. The highest BCUT2D eigenvalue weighted by molar-refractivity contribution is 9.10. The number of fused-ring (bicyclic) bond motifs is 1. The van der Waals surface area contributed by atoms with Gasteiger partial charge in [-0.2, -0.15) is 0 Å². The van der Waals surface area contributed by atoms with Gasteiger partial charge in [-0.3, -0.25) is 0 Å². The van der Waals surface area contributed by atoms with Crippen molar-refractivity contribution in [2.24, 2.45) is 0 Å². The molecule has 3 rings (SSSR count). The van der Waals surface area contributed by atoms with Crippen LogP contribution in [0.15, 0.2) is 59.1 Å². The molecule has 3 heteroatoms. The van der Waals surface area contributed by atoms with Gasteiger partial charge in [0.05, 0.1) is 12.6 Å². The molecule has 0 fully saturated rings. The largest absolute Gasteiger partial charge is 0.481 e. The fourth-order valence-corrected chi connectivity index (χ4v) is 2.92. The first-order valence-electron chi connectivity index (χ1n) is 6.88. The molecule has 0 N–H and O–H groups in total. The van der Waals surface area contributed by atoms with E-state index in [2.05, 4.69) is 64.2 Å². The van der Waals surface area contributed by atoms with E-state index in [-0.39, 0.29) is 5.92 Å². The van der Waals surface area contributed by atoms with Crippen LogP contribution in [0, 0.1) is 0 Å². The Morgan fingerprint density at radius 2 is 1.81 bits per heavy atom. The molecule has 0 amide bonds. The molecule has 0 spiro atoms. The number of pyridine rings is 1. The summed E-state index contributed by atoms with van der Waals surface area (Å²) in [5, 5.41) is 1.11. The highest BCUT2D eigenvalue weighted by Gasteiger charge is 2.16. The Morgan fingerprint density at radius 3 is 2.52 bits per heavy atom. The van der Waals surface area contributed by atoms with Gasteiger partial charge in [0.25, 0.3) is 0 Å². The number of rotatable bonds is 3. The third-order valence-electron chi connectivity index (χ3n) is 3.73. The molecule has 0 bridgehead atoms. The summed E-state index contributed by atoms with van der Waals surface area (Å²) in [7, 11) is 1.67. The quantitative estimate of drug-likeness (QED) is 0.656. The number of benzene rings is 2. The first-order valence-corrected chi connectivity index (χ1v) is 7.67. The molecule has 3 aromatic rings. The van der Waals surface area contributed by atoms with Crippen molar-refractivity contribution in [2.75, 3.05) is 7.11 Å². The van der Waals surface area contributed by atoms with Gasteiger partial charge in [-0.15, -0.1) is 0 Å². The van der Waals surface area contributed by atoms with Crippen molar-refractivity contribution in [1.82, 2.24) is 4.98 Å². The van der Waals surface area contributed by atoms with Crippen LogP contribution in [0.4, 0.5) is 0 Å². The van der Waals surface area contributed by atoms with Crippen LogP contribution in [0.3, 0.4) is 0 Å². The second kappa shape index (κ2) is 5.86. The average Bonchev–Trinajstić information content (AvgIpc) is 2.53. The lowest BCUT2D eigenvalue weighted by Crippen LogP contribution is -2.02. The van der Waals surface area contributed by atoms with E-state index in [9.17, 15) is 0 Å². The molecular weight excluding hydrogens is 326 g/mol. The van der Waals surface area contributed by atoms with Crippen LogP contribution < -0.4 is 4.74 Å². The maximum Gasteiger partial charge on any atom is 0.217 e. The smallest absolute Gasteiger partial charge is 0.217 e. The second-order valence-corrected chi connectivity index (χ2v) is 5.97. The number of hydrogen-bond acceptors (Lipinski definition) is 2. The van der Waals surface area contributed by atoms with E-state index in [0.717, 1.165) is 20.9 Å². The van der Waals surface area contributed by atoms with Crippen LogP contribution in [0.1, 0.15) is 24.0 Å². The van der Waals surface area contributed by atoms with E-state index in [1.54, 1.807) is 7.11 Å². The number of hydrogen-bond donors (Lipinski definition) is 0. The van der Waals surface area contributed by atoms with Gasteiger partial charge in [0.1, 0.15) is 0 Å². The number of ether oxygens (including phenoxy) is 1. The van der Waals surface area contributed by atoms with Crippen molar-refractivity contribution in [1.29, 1.82) is 0 Å². The van der Waals surface area contributed by atoms with Gasteiger partial charge in [-0.05, 0) is 29.8 Å². The van der Waals surface area contributed by atoms with Gasteiger partial charge in [0.2, 0.25) is 5.88 Å². The molecule has 0 aliphatic heterocycles. The second-order valence-electron chi connectivity index (χ2n) is 5.06. The standard InChI is InChI=1S/C18H16BrNO/c1-12(13-6-4-3-5-7-13)16-11-14-10-15(19)8-9-17(14)20-18(16)21-2/h3-12H,1-2H3. The SMILES string of the molecule is COc1nc2ccc(Br)cc2cc1C(C)c1ccccc1. The van der Waals surface area contributed by atoms with Crippen molar-refractivity contribution in [3.8, 4) is 5.88 Å². The first kappa shape index (κ1) is 14.1. The molecule has 1 heterocycles. The maximum atomic E-state index is 5.50. The van der Waals surface area contributed by atoms with E-state index in [4.69, 9.17) is 4.74 Å². The van der Waals surface area contributed by atoms with E-state index in [0.29, 0.717) is 5.88 Å². The van der Waals surface area contributed by atoms with Crippen molar-refractivity contribution >= 4 is 26.8 Å². The minimum atomic E-state index is 0.233. The molecule has 1 unspecified atom stereocenters. The molecule has 0 radical (unpaired) electrons. The predicted molar refractivity (Wildman–Crippen MR) is 90.0 cm³/mol. The zero-order valence-corrected chi connectivity index (χ0v) is 13.6. The molecule has 1 aromatic heterocycles. The lowest BCUT2D eigenvalue weighted by molar-refractivity contribution is 0.393. The predicted octanol–water partition coefficient (Wildman–Crippen LogP) is 5.16. The zero-order chi connectivity index (χ0) is 14.8. The maximum absolute atomic E-state index is 5.50. The van der Waals surface area contributed by atoms with Crippen LogP contribution >= 0.6 is 15.9 Å². The van der Waals surface area contributed by atoms with Crippen LogP contribution in [-0.4, -0.2) is 12.1 Å². The third kappa shape index (κ3) is 2.79. The molecule has 1 atom stereocenters. The van der Waals surface area contributed by atoms with Crippen LogP contribution in [-0.2, 0) is 0 Å². The lowest BCUT2D eigenvalue weighted by atomic mass is 9.93. The Bertz CT molecular complexity index is 771. The van der Waals surface area contributed by atoms with E-state index in [1.807, 2.05) is 18.2 Å². The van der Waals surface area contributed by atoms with Gasteiger partial charge >= 0.3 is 0 Å². The van der Waals surface area contributed by atoms with Gasteiger partial charge in [-0.1, -0.05) is 53.2 Å². The summed E-state index contributed by atoms with van der Waals surface area (Å²) < 4.78 is 6.56. The third-order valence-corrected chi connectivity index (χ3v) is 4.22. The summed E-state index contributed by atoms with van der Waals surface area (Å²) in [5.74, 6) is 0.929. The van der Waals surface area contributed by atoms with Gasteiger partial charge in [-0.25, -0.2) is 4.98 Å². The van der Waals surface area contributed by atoms with Gasteiger partial charge < -0.3 is 4.74 Å². The van der Waals surface area contributed by atoms with E-state index in [1.165, 1.54) is 5.56 Å². The average molecular weight is 342 g/mol. The number of methoxy groups -OCH3 is 1. The number of aromatic nitrogens is 1. The van der Waals surface area contributed by atoms with Crippen LogP contribution in [0.5, 0.6) is 5.88 Å². The first-order chi connectivity index (χ1) is 10.2. The number of nitrogens with zero attached hydrogens (tertiary/aromatic N) is 1. The van der Waals surface area contributed by atoms with Crippen molar-refractivity contribution < 1.29 is 4.74 Å². The van der Waals surface area contributed by atoms with E-state index < -0.39 is 0 Å². The zero-order valence-electron chi connectivity index (χ0n) is 12.0. The molecule has 0 saturated heterocycles. The molecule has 21 heavy (non-hydrogen) atoms. The summed E-state index contributed by atoms with van der Waals surface area (Å²) in [6.07, 6.45) is 0. The van der Waals surface area contributed by atoms with Gasteiger partial charge in [0, 0.05) is 21.3 Å². The summed E-state index contributed by atoms with van der Waals surface area (Å²) in [6.45, 7) is 2.18. The Kier molecular flexibility index (Phi) is 3.93. The highest BCUT2D eigenvalue weighted by Crippen LogP contribution is 2.33. The summed E-state index contributed by atoms with van der Waals surface area (Å²) in [5.41, 5.74) is 3.31. The lowest BCUT2D eigenvalue weighted by Gasteiger charge is -2.16. The monoisotopic (exact) mass is 341 g/mol. The van der Waals surface area contributed by atoms with E-state index >= 15 is 0 Å². The molecule has 2 aromatic carbocycles. The Hall–Kier alpha value is -1.87. The Labute approximate surface area is 132 Å². The van der Waals surface area contributed by atoms with Gasteiger partial charge in [0.15, 0.2) is 0 Å². The van der Waals surface area contributed by atoms with Crippen molar-refractivity contribution in [3.63, 3.8) is 0 Å². The fourth-order valence-electron chi connectivity index (χ4n) is 2.54. The van der Waals surface area contributed by atoms with Crippen LogP contribution in [0.2, 0.25) is 0 Å². The fraction of sp³-hybridized carbons (Fsp3) is 0.167. The minimum Gasteiger partial charge on any atom is -0.481 e. The number of halogens is 1. The van der Waals surface area contributed by atoms with Crippen molar-refractivity contribution in [3.05, 3.63) is 70.2 Å². The van der Waals surface area contributed by atoms with Crippen molar-refractivity contribution in [2.45, 2.75) is 12.8 Å². The Balaban J connectivity index is 2.16. The summed E-state index contributed by atoms with van der Waals surface area (Å²) in [4.78, 5) is 4.64. The molecule has 2 nitrogen and oxygen atoms in total. The molecule has 0 saturated carbocycles. The highest BCUT2D eigenvalue weighted by atomic mass is 79.9. The minimum absolute atomic E-state index is 0.233. The molecule has 106 valence electrons. The molecule has 0 aliphatic carbocycles. The normalized spacial score (nSPS) is 12.3. The topological polar surface area (TPSA) is 22.1 Å². The van der Waals surface area contributed by atoms with Crippen LogP contribution in [0.25, 0.3) is 10.9 Å². The molecular formula is C18H16BrNO. The molecule has 0 aliphatic rings.